The van der Waals surface area contributed by atoms with E-state index in [-0.39, 0.29) is 5.56 Å². The SMILES string of the molecule is O=C(O)c1ccc2c(c1)nc(-c1cccc(CNCCc3cccnc3)c1)n2C1CCCCC1. The van der Waals surface area contributed by atoms with Crippen molar-refractivity contribution in [2.75, 3.05) is 6.54 Å². The van der Waals surface area contributed by atoms with Crippen molar-refractivity contribution in [3.8, 4) is 11.4 Å². The average Bonchev–Trinajstić information content (AvgIpc) is 3.27. The van der Waals surface area contributed by atoms with Crippen LogP contribution < -0.4 is 5.32 Å². The van der Waals surface area contributed by atoms with Gasteiger partial charge < -0.3 is 15.0 Å². The van der Waals surface area contributed by atoms with E-state index in [4.69, 9.17) is 4.98 Å². The molecule has 0 amide bonds. The van der Waals surface area contributed by atoms with Gasteiger partial charge in [0.15, 0.2) is 0 Å². The molecule has 0 radical (unpaired) electrons. The summed E-state index contributed by atoms with van der Waals surface area (Å²) >= 11 is 0. The maximum atomic E-state index is 11.5. The second-order valence-corrected chi connectivity index (χ2v) is 9.09. The zero-order valence-corrected chi connectivity index (χ0v) is 19.3. The van der Waals surface area contributed by atoms with Gasteiger partial charge in [-0.25, -0.2) is 9.78 Å². The predicted molar refractivity (Wildman–Crippen MR) is 134 cm³/mol. The van der Waals surface area contributed by atoms with Crippen LogP contribution in [-0.4, -0.2) is 32.2 Å². The number of hydrogen-bond donors (Lipinski definition) is 2. The van der Waals surface area contributed by atoms with Crippen molar-refractivity contribution in [3.05, 3.63) is 83.7 Å². The molecule has 1 saturated carbocycles. The van der Waals surface area contributed by atoms with Gasteiger partial charge in [0.05, 0.1) is 16.6 Å². The number of carboxylic acid groups (broad SMARTS) is 1. The number of rotatable bonds is 8. The third kappa shape index (κ3) is 4.87. The summed E-state index contributed by atoms with van der Waals surface area (Å²) < 4.78 is 2.36. The minimum absolute atomic E-state index is 0.277. The molecule has 0 atom stereocenters. The quantitative estimate of drug-likeness (QED) is 0.337. The van der Waals surface area contributed by atoms with E-state index >= 15 is 0 Å². The lowest BCUT2D eigenvalue weighted by Crippen LogP contribution is -2.17. The molecule has 1 aliphatic rings. The lowest BCUT2D eigenvalue weighted by Gasteiger charge is -2.25. The first kappa shape index (κ1) is 22.3. The minimum atomic E-state index is -0.921. The Hall–Kier alpha value is -3.51. The summed E-state index contributed by atoms with van der Waals surface area (Å²) in [5.74, 6) is 0.0108. The first-order valence-corrected chi connectivity index (χ1v) is 12.1. The Labute approximate surface area is 199 Å². The van der Waals surface area contributed by atoms with Gasteiger partial charge in [-0.3, -0.25) is 4.98 Å². The summed E-state index contributed by atoms with van der Waals surface area (Å²) in [4.78, 5) is 20.7. The van der Waals surface area contributed by atoms with E-state index < -0.39 is 5.97 Å². The van der Waals surface area contributed by atoms with E-state index in [1.165, 1.54) is 30.4 Å². The Morgan fingerprint density at radius 2 is 1.88 bits per heavy atom. The highest BCUT2D eigenvalue weighted by Crippen LogP contribution is 2.36. The molecule has 2 heterocycles. The van der Waals surface area contributed by atoms with Gasteiger partial charge in [0.1, 0.15) is 5.82 Å². The fraction of sp³-hybridized carbons (Fsp3) is 0.321. The van der Waals surface area contributed by atoms with E-state index in [9.17, 15) is 9.90 Å². The number of aromatic carboxylic acids is 1. The summed E-state index contributed by atoms with van der Waals surface area (Å²) in [5.41, 5.74) is 5.55. The Balaban J connectivity index is 1.41. The summed E-state index contributed by atoms with van der Waals surface area (Å²) in [7, 11) is 0. The van der Waals surface area contributed by atoms with Gasteiger partial charge in [-0.05, 0) is 67.3 Å². The van der Waals surface area contributed by atoms with Crippen LogP contribution in [0, 0.1) is 0 Å². The van der Waals surface area contributed by atoms with Gasteiger partial charge in [0.25, 0.3) is 0 Å². The molecule has 0 saturated heterocycles. The summed E-state index contributed by atoms with van der Waals surface area (Å²) in [6.07, 6.45) is 10.6. The molecule has 0 spiro atoms. The standard InChI is InChI=1S/C28H30N4O2/c33-28(34)23-11-12-26-25(17-23)31-27(32(26)24-9-2-1-3-10-24)22-8-4-6-21(16-22)19-30-15-13-20-7-5-14-29-18-20/h4-8,11-12,14,16-18,24,30H,1-3,9-10,13,15,19H2,(H,33,34). The molecular weight excluding hydrogens is 424 g/mol. The van der Waals surface area contributed by atoms with Crippen LogP contribution >= 0.6 is 0 Å². The summed E-state index contributed by atoms with van der Waals surface area (Å²) in [5, 5.41) is 13.0. The van der Waals surface area contributed by atoms with Crippen LogP contribution in [0.1, 0.15) is 59.6 Å². The molecule has 0 bridgehead atoms. The van der Waals surface area contributed by atoms with Crippen molar-refractivity contribution in [3.63, 3.8) is 0 Å². The fourth-order valence-electron chi connectivity index (χ4n) is 4.98. The number of nitrogens with one attached hydrogen (secondary N) is 1. The molecule has 2 N–H and O–H groups in total. The summed E-state index contributed by atoms with van der Waals surface area (Å²) in [6, 6.07) is 18.3. The number of imidazole rings is 1. The molecule has 0 unspecified atom stereocenters. The third-order valence-electron chi connectivity index (χ3n) is 6.70. The van der Waals surface area contributed by atoms with Crippen LogP contribution in [0.25, 0.3) is 22.4 Å². The lowest BCUT2D eigenvalue weighted by atomic mass is 9.94. The molecule has 5 rings (SSSR count). The molecular formula is C28H30N4O2. The fourth-order valence-corrected chi connectivity index (χ4v) is 4.98. The number of carbonyl (C=O) groups is 1. The van der Waals surface area contributed by atoms with Crippen molar-refractivity contribution in [1.82, 2.24) is 19.9 Å². The number of nitrogens with zero attached hydrogens (tertiary/aromatic N) is 3. The minimum Gasteiger partial charge on any atom is -0.478 e. The summed E-state index contributed by atoms with van der Waals surface area (Å²) in [6.45, 7) is 1.66. The molecule has 34 heavy (non-hydrogen) atoms. The number of benzene rings is 2. The lowest BCUT2D eigenvalue weighted by molar-refractivity contribution is 0.0697. The normalized spacial score (nSPS) is 14.5. The smallest absolute Gasteiger partial charge is 0.335 e. The average molecular weight is 455 g/mol. The molecule has 0 aliphatic heterocycles. The molecule has 174 valence electrons. The monoisotopic (exact) mass is 454 g/mol. The van der Waals surface area contributed by atoms with Crippen LogP contribution in [0.4, 0.5) is 0 Å². The van der Waals surface area contributed by atoms with Crippen molar-refractivity contribution >= 4 is 17.0 Å². The zero-order chi connectivity index (χ0) is 23.3. The van der Waals surface area contributed by atoms with Gasteiger partial charge in [-0.1, -0.05) is 43.5 Å². The first-order valence-electron chi connectivity index (χ1n) is 12.1. The van der Waals surface area contributed by atoms with E-state index in [1.54, 1.807) is 18.3 Å². The Morgan fingerprint density at radius 3 is 2.68 bits per heavy atom. The van der Waals surface area contributed by atoms with E-state index in [1.807, 2.05) is 18.3 Å². The number of aromatic nitrogens is 3. The molecule has 1 aliphatic carbocycles. The van der Waals surface area contributed by atoms with Gasteiger partial charge in [0.2, 0.25) is 0 Å². The van der Waals surface area contributed by atoms with Crippen LogP contribution in [0.2, 0.25) is 0 Å². The van der Waals surface area contributed by atoms with Crippen molar-refractivity contribution in [2.45, 2.75) is 51.1 Å². The van der Waals surface area contributed by atoms with Crippen LogP contribution in [0.3, 0.4) is 0 Å². The highest BCUT2D eigenvalue weighted by atomic mass is 16.4. The first-order chi connectivity index (χ1) is 16.7. The maximum absolute atomic E-state index is 11.5. The third-order valence-corrected chi connectivity index (χ3v) is 6.70. The molecule has 6 nitrogen and oxygen atoms in total. The molecule has 4 aromatic rings. The number of pyridine rings is 1. The predicted octanol–water partition coefficient (Wildman–Crippen LogP) is 5.63. The highest BCUT2D eigenvalue weighted by Gasteiger charge is 2.23. The maximum Gasteiger partial charge on any atom is 0.335 e. The van der Waals surface area contributed by atoms with Crippen LogP contribution in [0.15, 0.2) is 67.0 Å². The van der Waals surface area contributed by atoms with Gasteiger partial charge in [0, 0.05) is 30.5 Å². The molecule has 6 heteroatoms. The zero-order valence-electron chi connectivity index (χ0n) is 19.3. The largest absolute Gasteiger partial charge is 0.478 e. The Bertz CT molecular complexity index is 1280. The molecule has 2 aromatic heterocycles. The molecule has 2 aromatic carbocycles. The van der Waals surface area contributed by atoms with Crippen molar-refractivity contribution in [1.29, 1.82) is 0 Å². The van der Waals surface area contributed by atoms with Crippen molar-refractivity contribution in [2.24, 2.45) is 0 Å². The van der Waals surface area contributed by atoms with Gasteiger partial charge in [-0.2, -0.15) is 0 Å². The van der Waals surface area contributed by atoms with Gasteiger partial charge >= 0.3 is 5.97 Å². The topological polar surface area (TPSA) is 80.0 Å². The number of fused-ring (bicyclic) bond motifs is 1. The van der Waals surface area contributed by atoms with E-state index in [0.29, 0.717) is 6.04 Å². The number of hydrogen-bond acceptors (Lipinski definition) is 4. The highest BCUT2D eigenvalue weighted by molar-refractivity contribution is 5.93. The Kier molecular flexibility index (Phi) is 6.67. The van der Waals surface area contributed by atoms with E-state index in [2.05, 4.69) is 45.2 Å². The molecule has 1 fully saturated rings. The second-order valence-electron chi connectivity index (χ2n) is 9.09. The van der Waals surface area contributed by atoms with Gasteiger partial charge in [-0.15, -0.1) is 0 Å². The van der Waals surface area contributed by atoms with Crippen LogP contribution in [0.5, 0.6) is 0 Å². The van der Waals surface area contributed by atoms with Crippen LogP contribution in [-0.2, 0) is 13.0 Å². The second kappa shape index (κ2) is 10.2. The van der Waals surface area contributed by atoms with Crippen molar-refractivity contribution < 1.29 is 9.90 Å². The van der Waals surface area contributed by atoms with E-state index in [0.717, 1.165) is 54.8 Å². The Morgan fingerprint density at radius 1 is 1.03 bits per heavy atom. The number of carboxylic acids is 1.